The van der Waals surface area contributed by atoms with Crippen LogP contribution in [0.25, 0.3) is 11.3 Å². The standard InChI is InChI=1S/C21H21N3O2S/c1-13-9-10-14(2)17(11-13)18-12-27-21(23-18)24-19(25)15(3)22-20(26)16-7-5-4-6-8-16/h4-12,15H,1-3H3,(H,22,26)(H,23,24,25)/t15-/m1/s1. The summed E-state index contributed by atoms with van der Waals surface area (Å²) in [5, 5.41) is 7.91. The van der Waals surface area contributed by atoms with E-state index in [-0.39, 0.29) is 11.8 Å². The Labute approximate surface area is 162 Å². The van der Waals surface area contributed by atoms with Crippen molar-refractivity contribution in [3.63, 3.8) is 0 Å². The van der Waals surface area contributed by atoms with Gasteiger partial charge in [-0.05, 0) is 44.5 Å². The van der Waals surface area contributed by atoms with Gasteiger partial charge in [-0.15, -0.1) is 11.3 Å². The van der Waals surface area contributed by atoms with E-state index < -0.39 is 6.04 Å². The van der Waals surface area contributed by atoms with Gasteiger partial charge in [0.15, 0.2) is 5.13 Å². The average Bonchev–Trinajstić information content (AvgIpc) is 3.12. The van der Waals surface area contributed by atoms with Gasteiger partial charge in [-0.2, -0.15) is 0 Å². The topological polar surface area (TPSA) is 71.1 Å². The van der Waals surface area contributed by atoms with Crippen LogP contribution < -0.4 is 10.6 Å². The summed E-state index contributed by atoms with van der Waals surface area (Å²) in [6.45, 7) is 5.72. The molecule has 3 aromatic rings. The zero-order valence-corrected chi connectivity index (χ0v) is 16.3. The van der Waals surface area contributed by atoms with E-state index in [4.69, 9.17) is 0 Å². The third-order valence-corrected chi connectivity index (χ3v) is 4.94. The van der Waals surface area contributed by atoms with Gasteiger partial charge in [-0.25, -0.2) is 4.98 Å². The number of thiazole rings is 1. The number of anilines is 1. The molecule has 6 heteroatoms. The maximum atomic E-state index is 12.4. The maximum Gasteiger partial charge on any atom is 0.251 e. The highest BCUT2D eigenvalue weighted by molar-refractivity contribution is 7.14. The summed E-state index contributed by atoms with van der Waals surface area (Å²) in [5.74, 6) is -0.588. The Balaban J connectivity index is 1.65. The first-order valence-electron chi connectivity index (χ1n) is 8.64. The number of benzene rings is 2. The number of carbonyl (C=O) groups is 2. The first kappa shape index (κ1) is 18.8. The zero-order chi connectivity index (χ0) is 19.4. The van der Waals surface area contributed by atoms with E-state index in [0.717, 1.165) is 22.4 Å². The van der Waals surface area contributed by atoms with E-state index in [0.29, 0.717) is 10.7 Å². The third-order valence-electron chi connectivity index (χ3n) is 4.18. The number of aromatic nitrogens is 1. The minimum Gasteiger partial charge on any atom is -0.341 e. The number of nitrogens with one attached hydrogen (secondary N) is 2. The number of carbonyl (C=O) groups excluding carboxylic acids is 2. The summed E-state index contributed by atoms with van der Waals surface area (Å²) < 4.78 is 0. The van der Waals surface area contributed by atoms with Gasteiger partial charge in [0.25, 0.3) is 5.91 Å². The highest BCUT2D eigenvalue weighted by Gasteiger charge is 2.18. The van der Waals surface area contributed by atoms with Crippen molar-refractivity contribution in [2.24, 2.45) is 0 Å². The molecule has 0 spiro atoms. The molecule has 3 rings (SSSR count). The van der Waals surface area contributed by atoms with Crippen LogP contribution in [0.4, 0.5) is 5.13 Å². The van der Waals surface area contributed by atoms with Crippen molar-refractivity contribution in [3.8, 4) is 11.3 Å². The van der Waals surface area contributed by atoms with Crippen molar-refractivity contribution in [1.82, 2.24) is 10.3 Å². The smallest absolute Gasteiger partial charge is 0.251 e. The van der Waals surface area contributed by atoms with Gasteiger partial charge < -0.3 is 10.6 Å². The Morgan fingerprint density at radius 3 is 2.56 bits per heavy atom. The summed E-state index contributed by atoms with van der Waals surface area (Å²) in [7, 11) is 0. The van der Waals surface area contributed by atoms with Crippen LogP contribution >= 0.6 is 11.3 Å². The molecule has 0 aliphatic carbocycles. The Morgan fingerprint density at radius 2 is 1.81 bits per heavy atom. The Bertz CT molecular complexity index is 967. The van der Waals surface area contributed by atoms with E-state index in [1.54, 1.807) is 31.2 Å². The van der Waals surface area contributed by atoms with Crippen molar-refractivity contribution in [3.05, 3.63) is 70.6 Å². The van der Waals surface area contributed by atoms with E-state index in [1.807, 2.05) is 25.3 Å². The van der Waals surface area contributed by atoms with Crippen molar-refractivity contribution in [2.75, 3.05) is 5.32 Å². The minimum atomic E-state index is -0.675. The predicted octanol–water partition coefficient (Wildman–Crippen LogP) is 4.18. The van der Waals surface area contributed by atoms with Gasteiger partial charge in [0, 0.05) is 16.5 Å². The first-order valence-corrected chi connectivity index (χ1v) is 9.52. The lowest BCUT2D eigenvalue weighted by Gasteiger charge is -2.13. The molecule has 2 N–H and O–H groups in total. The van der Waals surface area contributed by atoms with Gasteiger partial charge in [-0.1, -0.05) is 35.9 Å². The molecule has 1 aromatic heterocycles. The number of hydrogen-bond acceptors (Lipinski definition) is 4. The van der Waals surface area contributed by atoms with Crippen LogP contribution in [0.3, 0.4) is 0 Å². The van der Waals surface area contributed by atoms with Crippen molar-refractivity contribution in [1.29, 1.82) is 0 Å². The minimum absolute atomic E-state index is 0.284. The van der Waals surface area contributed by atoms with E-state index >= 15 is 0 Å². The molecule has 138 valence electrons. The Morgan fingerprint density at radius 1 is 1.07 bits per heavy atom. The number of rotatable bonds is 5. The van der Waals surface area contributed by atoms with Gasteiger partial charge in [0.05, 0.1) is 5.69 Å². The largest absolute Gasteiger partial charge is 0.341 e. The molecule has 0 saturated heterocycles. The second kappa shape index (κ2) is 8.14. The molecule has 2 aromatic carbocycles. The van der Waals surface area contributed by atoms with Crippen molar-refractivity contribution >= 4 is 28.3 Å². The normalized spacial score (nSPS) is 11.7. The van der Waals surface area contributed by atoms with Crippen molar-refractivity contribution in [2.45, 2.75) is 26.8 Å². The summed E-state index contributed by atoms with van der Waals surface area (Å²) >= 11 is 1.36. The fourth-order valence-electron chi connectivity index (χ4n) is 2.62. The van der Waals surface area contributed by atoms with E-state index in [1.165, 1.54) is 11.3 Å². The molecular formula is C21H21N3O2S. The third kappa shape index (κ3) is 4.60. The quantitative estimate of drug-likeness (QED) is 0.698. The van der Waals surface area contributed by atoms with Crippen LogP contribution in [-0.4, -0.2) is 22.8 Å². The summed E-state index contributed by atoms with van der Waals surface area (Å²) in [4.78, 5) is 29.1. The number of amides is 2. The molecule has 0 aliphatic heterocycles. The Hall–Kier alpha value is -2.99. The van der Waals surface area contributed by atoms with Crippen LogP contribution in [0, 0.1) is 13.8 Å². The van der Waals surface area contributed by atoms with Gasteiger partial charge in [0.2, 0.25) is 5.91 Å². The number of hydrogen-bond donors (Lipinski definition) is 2. The molecular weight excluding hydrogens is 358 g/mol. The molecule has 0 saturated carbocycles. The van der Waals surface area contributed by atoms with Crippen LogP contribution in [0.1, 0.15) is 28.4 Å². The lowest BCUT2D eigenvalue weighted by molar-refractivity contribution is -0.117. The monoisotopic (exact) mass is 379 g/mol. The summed E-state index contributed by atoms with van der Waals surface area (Å²) in [6.07, 6.45) is 0. The second-order valence-electron chi connectivity index (χ2n) is 6.41. The molecule has 0 fully saturated rings. The molecule has 1 atom stereocenters. The predicted molar refractivity (Wildman–Crippen MR) is 109 cm³/mol. The molecule has 0 unspecified atom stereocenters. The molecule has 1 heterocycles. The van der Waals surface area contributed by atoms with Gasteiger partial charge in [-0.3, -0.25) is 9.59 Å². The first-order chi connectivity index (χ1) is 12.9. The number of aryl methyl sites for hydroxylation is 2. The van der Waals surface area contributed by atoms with Crippen LogP contribution in [0.5, 0.6) is 0 Å². The highest BCUT2D eigenvalue weighted by atomic mass is 32.1. The zero-order valence-electron chi connectivity index (χ0n) is 15.4. The second-order valence-corrected chi connectivity index (χ2v) is 7.26. The van der Waals surface area contributed by atoms with E-state index in [9.17, 15) is 9.59 Å². The van der Waals surface area contributed by atoms with Crippen LogP contribution in [0.2, 0.25) is 0 Å². The molecule has 0 bridgehead atoms. The molecule has 0 aliphatic rings. The summed E-state index contributed by atoms with van der Waals surface area (Å²) in [6, 6.07) is 14.3. The fourth-order valence-corrected chi connectivity index (χ4v) is 3.33. The number of nitrogens with zero attached hydrogens (tertiary/aromatic N) is 1. The van der Waals surface area contributed by atoms with Crippen LogP contribution in [-0.2, 0) is 4.79 Å². The molecule has 0 radical (unpaired) electrons. The lowest BCUT2D eigenvalue weighted by Crippen LogP contribution is -2.41. The molecule has 27 heavy (non-hydrogen) atoms. The van der Waals surface area contributed by atoms with E-state index in [2.05, 4.69) is 33.8 Å². The average molecular weight is 379 g/mol. The molecule has 2 amide bonds. The van der Waals surface area contributed by atoms with Crippen LogP contribution in [0.15, 0.2) is 53.9 Å². The SMILES string of the molecule is Cc1ccc(C)c(-c2csc(NC(=O)[C@@H](C)NC(=O)c3ccccc3)n2)c1. The maximum absolute atomic E-state index is 12.4. The molecule has 5 nitrogen and oxygen atoms in total. The summed E-state index contributed by atoms with van der Waals surface area (Å²) in [5.41, 5.74) is 4.69. The van der Waals surface area contributed by atoms with Gasteiger partial charge in [0.1, 0.15) is 6.04 Å². The van der Waals surface area contributed by atoms with Crippen molar-refractivity contribution < 1.29 is 9.59 Å². The fraction of sp³-hybridized carbons (Fsp3) is 0.190. The highest BCUT2D eigenvalue weighted by Crippen LogP contribution is 2.28. The lowest BCUT2D eigenvalue weighted by atomic mass is 10.0. The van der Waals surface area contributed by atoms with Gasteiger partial charge >= 0.3 is 0 Å². The Kier molecular flexibility index (Phi) is 5.66.